The maximum absolute atomic E-state index is 13.6. The van der Waals surface area contributed by atoms with Crippen LogP contribution in [0.4, 0.5) is 4.39 Å². The number of hydrogen-bond donors (Lipinski definition) is 1. The lowest BCUT2D eigenvalue weighted by Gasteiger charge is -2.09. The van der Waals surface area contributed by atoms with Crippen LogP contribution in [0.15, 0.2) is 35.7 Å². The number of hydrogen-bond acceptors (Lipinski definition) is 3. The van der Waals surface area contributed by atoms with E-state index in [0.717, 1.165) is 12.1 Å². The maximum Gasteiger partial charge on any atom is 0.243 e. The van der Waals surface area contributed by atoms with Crippen molar-refractivity contribution in [2.45, 2.75) is 18.7 Å². The molecule has 0 amide bonds. The quantitative estimate of drug-likeness (QED) is 0.643. The zero-order chi connectivity index (χ0) is 14.6. The Balaban J connectivity index is 3.25. The molecule has 0 bridgehead atoms. The number of carbonyl (C=O) groups excluding carboxylic acids is 1. The van der Waals surface area contributed by atoms with Crippen LogP contribution < -0.4 is 4.72 Å². The van der Waals surface area contributed by atoms with Crippen LogP contribution in [0, 0.1) is 11.7 Å². The lowest BCUT2D eigenvalue weighted by molar-refractivity contribution is 0.0939. The number of ketones is 1. The highest BCUT2D eigenvalue weighted by Crippen LogP contribution is 2.18. The molecule has 6 heteroatoms. The van der Waals surface area contributed by atoms with Crippen LogP contribution in [0.5, 0.6) is 0 Å². The van der Waals surface area contributed by atoms with Gasteiger partial charge in [-0.15, -0.1) is 6.58 Å². The third-order valence-electron chi connectivity index (χ3n) is 2.45. The van der Waals surface area contributed by atoms with Gasteiger partial charge in [0.05, 0.1) is 0 Å². The van der Waals surface area contributed by atoms with Crippen molar-refractivity contribution in [1.29, 1.82) is 0 Å². The van der Waals surface area contributed by atoms with Gasteiger partial charge in [-0.2, -0.15) is 0 Å². The Morgan fingerprint density at radius 1 is 1.47 bits per heavy atom. The maximum atomic E-state index is 13.6. The van der Waals surface area contributed by atoms with Crippen LogP contribution in [0.2, 0.25) is 0 Å². The summed E-state index contributed by atoms with van der Waals surface area (Å²) in [4.78, 5) is 11.3. The zero-order valence-corrected chi connectivity index (χ0v) is 11.6. The second-order valence-electron chi connectivity index (χ2n) is 4.30. The predicted molar refractivity (Wildman–Crippen MR) is 71.0 cm³/mol. The summed E-state index contributed by atoms with van der Waals surface area (Å²) >= 11 is 0. The average Bonchev–Trinajstić information content (AvgIpc) is 2.35. The molecule has 1 N–H and O–H groups in total. The highest BCUT2D eigenvalue weighted by atomic mass is 32.2. The number of sulfonamides is 1. The van der Waals surface area contributed by atoms with Crippen molar-refractivity contribution in [3.05, 3.63) is 42.2 Å². The fourth-order valence-corrected chi connectivity index (χ4v) is 2.54. The van der Waals surface area contributed by atoms with Crippen LogP contribution in [0.25, 0.3) is 0 Å². The van der Waals surface area contributed by atoms with Crippen LogP contribution in [-0.2, 0) is 10.0 Å². The summed E-state index contributed by atoms with van der Waals surface area (Å²) in [7, 11) is -3.98. The molecule has 0 aliphatic carbocycles. The Morgan fingerprint density at radius 2 is 2.11 bits per heavy atom. The Bertz CT molecular complexity index is 594. The minimum atomic E-state index is -3.98. The molecule has 104 valence electrons. The van der Waals surface area contributed by atoms with Crippen molar-refractivity contribution in [2.24, 2.45) is 5.92 Å². The van der Waals surface area contributed by atoms with Gasteiger partial charge in [0.15, 0.2) is 5.78 Å². The largest absolute Gasteiger partial charge is 0.294 e. The second kappa shape index (κ2) is 6.08. The average molecular weight is 285 g/mol. The van der Waals surface area contributed by atoms with Gasteiger partial charge < -0.3 is 0 Å². The van der Waals surface area contributed by atoms with Crippen LogP contribution in [0.3, 0.4) is 0 Å². The molecule has 4 nitrogen and oxygen atoms in total. The standard InChI is InChI=1S/C13H16FNO3S/c1-4-7-15-19(17,18)12-8-10(5-6-11(12)14)13(16)9(2)3/h4-6,8-9,15H,1,7H2,2-3H3. The molecule has 0 unspecified atom stereocenters. The molecule has 19 heavy (non-hydrogen) atoms. The Kier molecular flexibility index (Phi) is 4.97. The van der Waals surface area contributed by atoms with E-state index in [0.29, 0.717) is 0 Å². The van der Waals surface area contributed by atoms with Crippen molar-refractivity contribution in [2.75, 3.05) is 6.54 Å². The molecular formula is C13H16FNO3S. The van der Waals surface area contributed by atoms with Crippen molar-refractivity contribution in [1.82, 2.24) is 4.72 Å². The zero-order valence-electron chi connectivity index (χ0n) is 10.8. The van der Waals surface area contributed by atoms with Gasteiger partial charge in [0.1, 0.15) is 10.7 Å². The molecule has 1 aromatic rings. The first-order valence-corrected chi connectivity index (χ1v) is 7.22. The molecule has 0 aliphatic heterocycles. The van der Waals surface area contributed by atoms with Crippen molar-refractivity contribution in [3.63, 3.8) is 0 Å². The van der Waals surface area contributed by atoms with E-state index in [1.165, 1.54) is 12.1 Å². The molecule has 1 rings (SSSR count). The van der Waals surface area contributed by atoms with Gasteiger partial charge in [0, 0.05) is 18.0 Å². The first-order chi connectivity index (χ1) is 8.79. The van der Waals surface area contributed by atoms with E-state index in [4.69, 9.17) is 0 Å². The topological polar surface area (TPSA) is 63.2 Å². The highest BCUT2D eigenvalue weighted by molar-refractivity contribution is 7.89. The van der Waals surface area contributed by atoms with Crippen molar-refractivity contribution < 1.29 is 17.6 Å². The molecule has 0 saturated carbocycles. The summed E-state index contributed by atoms with van der Waals surface area (Å²) < 4.78 is 39.5. The monoisotopic (exact) mass is 285 g/mol. The summed E-state index contributed by atoms with van der Waals surface area (Å²) in [6.45, 7) is 6.74. The molecule has 1 aromatic carbocycles. The summed E-state index contributed by atoms with van der Waals surface area (Å²) in [6, 6.07) is 3.32. The highest BCUT2D eigenvalue weighted by Gasteiger charge is 2.21. The Labute approximate surface area is 112 Å². The first kappa shape index (κ1) is 15.5. The van der Waals surface area contributed by atoms with Gasteiger partial charge in [-0.25, -0.2) is 17.5 Å². The van der Waals surface area contributed by atoms with Crippen LogP contribution in [0.1, 0.15) is 24.2 Å². The number of benzene rings is 1. The molecule has 0 fully saturated rings. The predicted octanol–water partition coefficient (Wildman–Crippen LogP) is 2.13. The molecule has 0 radical (unpaired) electrons. The van der Waals surface area contributed by atoms with Crippen molar-refractivity contribution in [3.8, 4) is 0 Å². The molecule has 0 spiro atoms. The summed E-state index contributed by atoms with van der Waals surface area (Å²) in [5.74, 6) is -1.42. The summed E-state index contributed by atoms with van der Waals surface area (Å²) in [6.07, 6.45) is 1.35. The molecule has 0 aromatic heterocycles. The summed E-state index contributed by atoms with van der Waals surface area (Å²) in [5, 5.41) is 0. The Morgan fingerprint density at radius 3 is 2.63 bits per heavy atom. The third-order valence-corrected chi connectivity index (χ3v) is 3.89. The van der Waals surface area contributed by atoms with Crippen molar-refractivity contribution >= 4 is 15.8 Å². The van der Waals surface area contributed by atoms with Gasteiger partial charge >= 0.3 is 0 Å². The number of rotatable bonds is 6. The van der Waals surface area contributed by atoms with E-state index in [1.54, 1.807) is 13.8 Å². The SMILES string of the molecule is C=CCNS(=O)(=O)c1cc(C(=O)C(C)C)ccc1F. The number of carbonyl (C=O) groups is 1. The van der Waals surface area contributed by atoms with E-state index < -0.39 is 20.7 Å². The van der Waals surface area contributed by atoms with Crippen LogP contribution in [-0.4, -0.2) is 20.7 Å². The van der Waals surface area contributed by atoms with Gasteiger partial charge in [0.25, 0.3) is 0 Å². The molecule has 0 atom stereocenters. The summed E-state index contributed by atoms with van der Waals surface area (Å²) in [5.41, 5.74) is 0.176. The normalized spacial score (nSPS) is 11.6. The smallest absolute Gasteiger partial charge is 0.243 e. The number of halogens is 1. The van der Waals surface area contributed by atoms with E-state index in [1.807, 2.05) is 0 Å². The Hall–Kier alpha value is -1.53. The number of nitrogens with one attached hydrogen (secondary N) is 1. The molecular weight excluding hydrogens is 269 g/mol. The minimum absolute atomic E-state index is 0.00979. The van der Waals surface area contributed by atoms with Gasteiger partial charge in [0.2, 0.25) is 10.0 Å². The first-order valence-electron chi connectivity index (χ1n) is 5.74. The fraction of sp³-hybridized carbons (Fsp3) is 0.308. The molecule has 0 heterocycles. The minimum Gasteiger partial charge on any atom is -0.294 e. The van der Waals surface area contributed by atoms with E-state index in [-0.39, 0.29) is 23.8 Å². The van der Waals surface area contributed by atoms with Gasteiger partial charge in [-0.3, -0.25) is 4.79 Å². The lowest BCUT2D eigenvalue weighted by atomic mass is 10.0. The van der Waals surface area contributed by atoms with E-state index >= 15 is 0 Å². The molecule has 0 saturated heterocycles. The van der Waals surface area contributed by atoms with Gasteiger partial charge in [-0.05, 0) is 18.2 Å². The van der Waals surface area contributed by atoms with E-state index in [2.05, 4.69) is 11.3 Å². The van der Waals surface area contributed by atoms with Crippen LogP contribution >= 0.6 is 0 Å². The van der Waals surface area contributed by atoms with Gasteiger partial charge in [-0.1, -0.05) is 19.9 Å². The number of Topliss-reactive ketones (excluding diaryl/α,β-unsaturated/α-hetero) is 1. The molecule has 0 aliphatic rings. The van der Waals surface area contributed by atoms with E-state index in [9.17, 15) is 17.6 Å². The fourth-order valence-electron chi connectivity index (χ4n) is 1.44. The second-order valence-corrected chi connectivity index (χ2v) is 6.04. The lowest BCUT2D eigenvalue weighted by Crippen LogP contribution is -2.25. The third kappa shape index (κ3) is 3.71.